The molecule has 0 radical (unpaired) electrons. The van der Waals surface area contributed by atoms with Crippen molar-refractivity contribution < 1.29 is 14.7 Å². The van der Waals surface area contributed by atoms with Gasteiger partial charge in [0.15, 0.2) is 0 Å². The number of hydrogen-bond acceptors (Lipinski definition) is 5. The first-order valence-electron chi connectivity index (χ1n) is 13.9. The number of rotatable bonds is 5. The zero-order valence-corrected chi connectivity index (χ0v) is 22.6. The molecule has 4 aliphatic carbocycles. The minimum absolute atomic E-state index is 0.0321. The second-order valence-electron chi connectivity index (χ2n) is 12.5. The maximum Gasteiger partial charge on any atom is 0.234 e. The van der Waals surface area contributed by atoms with Gasteiger partial charge in [0.25, 0.3) is 0 Å². The molecule has 5 atom stereocenters. The number of anilines is 1. The quantitative estimate of drug-likeness (QED) is 0.435. The first-order valence-corrected chi connectivity index (χ1v) is 14.3. The van der Waals surface area contributed by atoms with Gasteiger partial charge >= 0.3 is 0 Å². The lowest BCUT2D eigenvalue weighted by atomic mass is 9.51. The Balaban J connectivity index is 1.10. The fraction of sp³-hybridized carbons (Fsp3) is 0.452. The van der Waals surface area contributed by atoms with Gasteiger partial charge in [0, 0.05) is 40.6 Å². The van der Waals surface area contributed by atoms with Crippen molar-refractivity contribution in [2.45, 2.75) is 62.1 Å². The molecule has 202 valence electrons. The van der Waals surface area contributed by atoms with Crippen LogP contribution in [-0.2, 0) is 16.1 Å². The van der Waals surface area contributed by atoms with E-state index in [1.807, 2.05) is 47.4 Å². The van der Waals surface area contributed by atoms with E-state index in [1.54, 1.807) is 12.4 Å². The normalized spacial score (nSPS) is 31.2. The summed E-state index contributed by atoms with van der Waals surface area (Å²) in [6.07, 6.45) is 8.95. The van der Waals surface area contributed by atoms with Crippen molar-refractivity contribution in [3.05, 3.63) is 71.0 Å². The molecule has 0 saturated heterocycles. The molecule has 3 N–H and O–H groups in total. The summed E-state index contributed by atoms with van der Waals surface area (Å²) in [5, 5.41) is 20.0. The summed E-state index contributed by atoms with van der Waals surface area (Å²) in [6.45, 7) is 1.19. The maximum atomic E-state index is 13.7. The molecule has 2 aromatic carbocycles. The van der Waals surface area contributed by atoms with Gasteiger partial charge in [0.1, 0.15) is 0 Å². The van der Waals surface area contributed by atoms with Crippen molar-refractivity contribution >= 4 is 39.9 Å². The number of aromatic nitrogens is 1. The van der Waals surface area contributed by atoms with E-state index in [4.69, 9.17) is 11.6 Å². The van der Waals surface area contributed by atoms with Crippen LogP contribution in [0.5, 0.6) is 0 Å². The highest BCUT2D eigenvalue weighted by Crippen LogP contribution is 2.57. The Morgan fingerprint density at radius 1 is 1.08 bits per heavy atom. The summed E-state index contributed by atoms with van der Waals surface area (Å²) in [6, 6.07) is 13.5. The van der Waals surface area contributed by atoms with Gasteiger partial charge in [-0.05, 0) is 73.6 Å². The fourth-order valence-electron chi connectivity index (χ4n) is 8.38. The predicted molar refractivity (Wildman–Crippen MR) is 150 cm³/mol. The smallest absolute Gasteiger partial charge is 0.234 e. The SMILES string of the molecule is O=C(CN1Cc2ccc(Cl)cc2[C@H](C(=O)Nc2cncc3ccccc23)C1)NC12C[C@@H]3C[C@@H](CC(O)(C3)C1)C2. The Kier molecular flexibility index (Phi) is 5.95. The summed E-state index contributed by atoms with van der Waals surface area (Å²) in [4.78, 5) is 33.5. The first-order chi connectivity index (χ1) is 18.8. The number of aliphatic hydroxyl groups is 1. The van der Waals surface area contributed by atoms with Gasteiger partial charge in [-0.15, -0.1) is 0 Å². The molecule has 3 aromatic rings. The number of fused-ring (bicyclic) bond motifs is 2. The predicted octanol–water partition coefficient (Wildman–Crippen LogP) is 4.63. The van der Waals surface area contributed by atoms with E-state index in [-0.39, 0.29) is 23.9 Å². The van der Waals surface area contributed by atoms with Gasteiger partial charge in [-0.1, -0.05) is 41.9 Å². The summed E-state index contributed by atoms with van der Waals surface area (Å²) < 4.78 is 0. The van der Waals surface area contributed by atoms with E-state index >= 15 is 0 Å². The molecule has 5 aliphatic rings. The maximum absolute atomic E-state index is 13.7. The molecule has 8 heteroatoms. The molecule has 0 spiro atoms. The second kappa shape index (κ2) is 9.29. The van der Waals surface area contributed by atoms with E-state index in [0.29, 0.717) is 42.1 Å². The third-order valence-corrected chi connectivity index (χ3v) is 9.60. The van der Waals surface area contributed by atoms with E-state index in [9.17, 15) is 14.7 Å². The number of hydrogen-bond donors (Lipinski definition) is 3. The Hall–Kier alpha value is -3.00. The molecule has 7 nitrogen and oxygen atoms in total. The third-order valence-electron chi connectivity index (χ3n) is 9.36. The first kappa shape index (κ1) is 25.0. The number of pyridine rings is 1. The van der Waals surface area contributed by atoms with Crippen molar-refractivity contribution in [2.75, 3.05) is 18.4 Å². The second-order valence-corrected chi connectivity index (χ2v) is 12.9. The van der Waals surface area contributed by atoms with E-state index < -0.39 is 11.5 Å². The van der Waals surface area contributed by atoms with Crippen LogP contribution in [0.2, 0.25) is 5.02 Å². The van der Waals surface area contributed by atoms with Crippen LogP contribution in [0.15, 0.2) is 54.9 Å². The van der Waals surface area contributed by atoms with Crippen LogP contribution >= 0.6 is 11.6 Å². The summed E-state index contributed by atoms with van der Waals surface area (Å²) in [5.41, 5.74) is 1.64. The number of amides is 2. The number of carbonyl (C=O) groups excluding carboxylic acids is 2. The number of halogens is 1. The highest BCUT2D eigenvalue weighted by molar-refractivity contribution is 6.30. The van der Waals surface area contributed by atoms with Crippen molar-refractivity contribution in [2.24, 2.45) is 11.8 Å². The summed E-state index contributed by atoms with van der Waals surface area (Å²) in [7, 11) is 0. The zero-order chi connectivity index (χ0) is 26.8. The lowest BCUT2D eigenvalue weighted by molar-refractivity contribution is -0.151. The van der Waals surface area contributed by atoms with E-state index in [0.717, 1.165) is 47.6 Å². The van der Waals surface area contributed by atoms with Crippen LogP contribution < -0.4 is 10.6 Å². The van der Waals surface area contributed by atoms with Crippen LogP contribution in [0.3, 0.4) is 0 Å². The summed E-state index contributed by atoms with van der Waals surface area (Å²) in [5.74, 6) is 0.333. The Labute approximate surface area is 232 Å². The van der Waals surface area contributed by atoms with Crippen LogP contribution in [0.25, 0.3) is 10.8 Å². The highest BCUT2D eigenvalue weighted by atomic mass is 35.5. The van der Waals surface area contributed by atoms with Gasteiger partial charge in [-0.3, -0.25) is 19.5 Å². The molecule has 4 saturated carbocycles. The molecular formula is C31H33ClN4O3. The number of benzene rings is 2. The molecule has 4 bridgehead atoms. The van der Waals surface area contributed by atoms with Crippen molar-refractivity contribution in [1.82, 2.24) is 15.2 Å². The van der Waals surface area contributed by atoms with E-state index in [2.05, 4.69) is 15.6 Å². The summed E-state index contributed by atoms with van der Waals surface area (Å²) >= 11 is 6.35. The molecule has 4 fully saturated rings. The lowest BCUT2D eigenvalue weighted by Gasteiger charge is -2.60. The lowest BCUT2D eigenvalue weighted by Crippen LogP contribution is -2.66. The standard InChI is InChI=1S/C31H33ClN4O3/c32-23-6-5-22-15-36(17-28(37)35-30-9-19-7-20(10-30)12-31(39,11-19)18-30)16-26(25(22)8-23)29(38)34-27-14-33-13-21-3-1-2-4-24(21)27/h1-6,8,13-14,19-20,26,39H,7,9-12,15-18H2,(H,34,38)(H,35,37)/t19-,20+,26-,30?,31?/m1/s1. The molecule has 2 unspecified atom stereocenters. The van der Waals surface area contributed by atoms with Gasteiger partial charge in [0.05, 0.1) is 29.9 Å². The largest absolute Gasteiger partial charge is 0.390 e. The van der Waals surface area contributed by atoms with Crippen molar-refractivity contribution in [3.63, 3.8) is 0 Å². The monoisotopic (exact) mass is 544 g/mol. The average Bonchev–Trinajstić information content (AvgIpc) is 2.87. The van der Waals surface area contributed by atoms with Gasteiger partial charge < -0.3 is 15.7 Å². The van der Waals surface area contributed by atoms with Crippen LogP contribution in [0, 0.1) is 11.8 Å². The van der Waals surface area contributed by atoms with Gasteiger partial charge in [-0.2, -0.15) is 0 Å². The zero-order valence-electron chi connectivity index (χ0n) is 21.8. The molecule has 1 aliphatic heterocycles. The average molecular weight is 545 g/mol. The number of nitrogens with zero attached hydrogens (tertiary/aromatic N) is 2. The number of nitrogens with one attached hydrogen (secondary N) is 2. The highest BCUT2D eigenvalue weighted by Gasteiger charge is 2.57. The van der Waals surface area contributed by atoms with E-state index in [1.165, 1.54) is 6.42 Å². The van der Waals surface area contributed by atoms with Crippen LogP contribution in [-0.4, -0.2) is 51.0 Å². The molecule has 8 rings (SSSR count). The third kappa shape index (κ3) is 4.71. The Bertz CT molecular complexity index is 1460. The fourth-order valence-corrected chi connectivity index (χ4v) is 8.56. The molecule has 2 amide bonds. The molecule has 2 heterocycles. The topological polar surface area (TPSA) is 94.6 Å². The molecular weight excluding hydrogens is 512 g/mol. The van der Waals surface area contributed by atoms with Crippen molar-refractivity contribution in [1.29, 1.82) is 0 Å². The van der Waals surface area contributed by atoms with Crippen LogP contribution in [0.4, 0.5) is 5.69 Å². The minimum Gasteiger partial charge on any atom is -0.390 e. The van der Waals surface area contributed by atoms with Gasteiger partial charge in [0.2, 0.25) is 11.8 Å². The van der Waals surface area contributed by atoms with Crippen LogP contribution in [0.1, 0.15) is 55.6 Å². The molecule has 39 heavy (non-hydrogen) atoms. The van der Waals surface area contributed by atoms with Crippen molar-refractivity contribution in [3.8, 4) is 0 Å². The Morgan fingerprint density at radius 2 is 1.87 bits per heavy atom. The Morgan fingerprint density at radius 3 is 2.67 bits per heavy atom. The van der Waals surface area contributed by atoms with Gasteiger partial charge in [-0.25, -0.2) is 0 Å². The number of carbonyl (C=O) groups is 2. The minimum atomic E-state index is -0.625. The molecule has 1 aromatic heterocycles.